The van der Waals surface area contributed by atoms with Gasteiger partial charge in [0.25, 0.3) is 5.91 Å². The largest absolute Gasteiger partial charge is 0.496 e. The van der Waals surface area contributed by atoms with E-state index in [1.807, 2.05) is 0 Å². The van der Waals surface area contributed by atoms with E-state index in [-0.39, 0.29) is 22.3 Å². The molecule has 1 atom stereocenters. The molecule has 3 heterocycles. The summed E-state index contributed by atoms with van der Waals surface area (Å²) in [6.45, 7) is 0. The van der Waals surface area contributed by atoms with Crippen LogP contribution in [0.25, 0.3) is 11.0 Å². The van der Waals surface area contributed by atoms with Crippen LogP contribution in [-0.2, 0) is 0 Å². The van der Waals surface area contributed by atoms with Crippen molar-refractivity contribution in [2.75, 3.05) is 26.2 Å². The van der Waals surface area contributed by atoms with Crippen LogP contribution in [-0.4, -0.2) is 32.2 Å². The van der Waals surface area contributed by atoms with Gasteiger partial charge in [0.15, 0.2) is 16.9 Å². The maximum Gasteiger partial charge on any atom is 0.296 e. The van der Waals surface area contributed by atoms with Gasteiger partial charge >= 0.3 is 0 Å². The number of hydrogen-bond acceptors (Lipinski definition) is 7. The minimum atomic E-state index is -0.976. The highest BCUT2D eigenvalue weighted by Crippen LogP contribution is 2.46. The summed E-state index contributed by atoms with van der Waals surface area (Å²) in [6.07, 6.45) is 1.54. The SMILES string of the molecule is COc1cc(OC)c([C@@H]2c3c(oc4ccc(F)cc4c3=O)C(=O)N2c2ccccn2)cc1OC. The summed E-state index contributed by atoms with van der Waals surface area (Å²) in [5.74, 6) is 0.140. The van der Waals surface area contributed by atoms with Crippen LogP contribution in [0.4, 0.5) is 10.2 Å². The van der Waals surface area contributed by atoms with Gasteiger partial charge in [-0.05, 0) is 36.4 Å². The molecule has 0 saturated heterocycles. The summed E-state index contributed by atoms with van der Waals surface area (Å²) in [5, 5.41) is 0.0267. The molecule has 172 valence electrons. The lowest BCUT2D eigenvalue weighted by molar-refractivity contribution is 0.0970. The maximum absolute atomic E-state index is 14.0. The average molecular weight is 462 g/mol. The number of carbonyl (C=O) groups is 1. The van der Waals surface area contributed by atoms with Crippen LogP contribution in [0.15, 0.2) is 63.9 Å². The van der Waals surface area contributed by atoms with Crippen molar-refractivity contribution < 1.29 is 27.8 Å². The number of pyridine rings is 1. The average Bonchev–Trinajstić information content (AvgIpc) is 3.16. The third kappa shape index (κ3) is 3.16. The standard InChI is InChI=1S/C25H19FN2O6/c1-31-17-12-19(33-3)18(32-2)11-14(17)22-21-23(29)15-10-13(26)7-8-16(15)34-24(21)25(30)28(22)20-6-4-5-9-27-20/h4-12,22H,1-3H3/t22-/m1/s1. The molecule has 1 amide bonds. The summed E-state index contributed by atoms with van der Waals surface area (Å²) < 4.78 is 36.3. The zero-order valence-electron chi connectivity index (χ0n) is 18.5. The predicted octanol–water partition coefficient (Wildman–Crippen LogP) is 4.10. The third-order valence-corrected chi connectivity index (χ3v) is 5.76. The lowest BCUT2D eigenvalue weighted by Gasteiger charge is -2.26. The van der Waals surface area contributed by atoms with Crippen molar-refractivity contribution >= 4 is 22.7 Å². The van der Waals surface area contributed by atoms with Crippen molar-refractivity contribution in [1.82, 2.24) is 4.98 Å². The molecule has 5 rings (SSSR count). The number of amides is 1. The second-order valence-corrected chi connectivity index (χ2v) is 7.53. The number of halogens is 1. The molecule has 2 aromatic heterocycles. The highest BCUT2D eigenvalue weighted by Gasteiger charge is 2.45. The molecule has 0 N–H and O–H groups in total. The molecule has 34 heavy (non-hydrogen) atoms. The van der Waals surface area contributed by atoms with Crippen molar-refractivity contribution in [2.24, 2.45) is 0 Å². The Morgan fingerprint density at radius 2 is 1.68 bits per heavy atom. The third-order valence-electron chi connectivity index (χ3n) is 5.76. The summed E-state index contributed by atoms with van der Waals surface area (Å²) >= 11 is 0. The van der Waals surface area contributed by atoms with E-state index in [1.165, 1.54) is 44.6 Å². The zero-order chi connectivity index (χ0) is 24.0. The normalized spacial score (nSPS) is 14.9. The number of hydrogen-bond donors (Lipinski definition) is 0. The van der Waals surface area contributed by atoms with Crippen molar-refractivity contribution in [3.63, 3.8) is 0 Å². The summed E-state index contributed by atoms with van der Waals surface area (Å²) in [5.41, 5.74) is 0.0870. The summed E-state index contributed by atoms with van der Waals surface area (Å²) in [6, 6.07) is 10.9. The molecule has 0 radical (unpaired) electrons. The Labute approximate surface area is 193 Å². The monoisotopic (exact) mass is 462 g/mol. The molecule has 0 fully saturated rings. The van der Waals surface area contributed by atoms with Crippen molar-refractivity contribution in [3.8, 4) is 17.2 Å². The Hall–Kier alpha value is -4.40. The number of nitrogens with zero attached hydrogens (tertiary/aromatic N) is 2. The minimum absolute atomic E-state index is 0.0267. The van der Waals surface area contributed by atoms with E-state index in [0.29, 0.717) is 28.6 Å². The van der Waals surface area contributed by atoms with E-state index >= 15 is 0 Å². The number of fused-ring (bicyclic) bond motifs is 2. The molecule has 0 spiro atoms. The first-order chi connectivity index (χ1) is 16.5. The van der Waals surface area contributed by atoms with E-state index in [0.717, 1.165) is 6.07 Å². The van der Waals surface area contributed by atoms with Gasteiger partial charge in [-0.1, -0.05) is 6.07 Å². The molecule has 1 aliphatic heterocycles. The summed E-state index contributed by atoms with van der Waals surface area (Å²) in [4.78, 5) is 32.9. The number of rotatable bonds is 5. The van der Waals surface area contributed by atoms with Gasteiger partial charge < -0.3 is 18.6 Å². The Bertz CT molecular complexity index is 1480. The highest BCUT2D eigenvalue weighted by atomic mass is 19.1. The molecule has 0 saturated carbocycles. The van der Waals surface area contributed by atoms with Gasteiger partial charge in [-0.15, -0.1) is 0 Å². The van der Waals surface area contributed by atoms with E-state index < -0.39 is 23.2 Å². The van der Waals surface area contributed by atoms with E-state index in [4.69, 9.17) is 18.6 Å². The van der Waals surface area contributed by atoms with Crippen LogP contribution >= 0.6 is 0 Å². The molecule has 4 aromatic rings. The smallest absolute Gasteiger partial charge is 0.296 e. The first-order valence-corrected chi connectivity index (χ1v) is 10.3. The fourth-order valence-electron chi connectivity index (χ4n) is 4.24. The number of ether oxygens (including phenoxy) is 3. The van der Waals surface area contributed by atoms with Crippen LogP contribution in [0.2, 0.25) is 0 Å². The predicted molar refractivity (Wildman–Crippen MR) is 121 cm³/mol. The van der Waals surface area contributed by atoms with Crippen LogP contribution in [0.3, 0.4) is 0 Å². The Kier molecular flexibility index (Phi) is 5.16. The van der Waals surface area contributed by atoms with Crippen molar-refractivity contribution in [1.29, 1.82) is 0 Å². The van der Waals surface area contributed by atoms with Crippen molar-refractivity contribution in [2.45, 2.75) is 6.04 Å². The molecular weight excluding hydrogens is 443 g/mol. The first kappa shape index (κ1) is 21.4. The van der Waals surface area contributed by atoms with Crippen LogP contribution < -0.4 is 24.5 Å². The molecule has 0 bridgehead atoms. The number of methoxy groups -OCH3 is 3. The van der Waals surface area contributed by atoms with Crippen molar-refractivity contribution in [3.05, 3.63) is 87.7 Å². The molecule has 8 nitrogen and oxygen atoms in total. The van der Waals surface area contributed by atoms with Gasteiger partial charge in [-0.2, -0.15) is 0 Å². The van der Waals surface area contributed by atoms with Crippen LogP contribution in [0, 0.1) is 5.82 Å². The van der Waals surface area contributed by atoms with Gasteiger partial charge in [-0.3, -0.25) is 14.5 Å². The Morgan fingerprint density at radius 3 is 2.35 bits per heavy atom. The quantitative estimate of drug-likeness (QED) is 0.441. The number of aromatic nitrogens is 1. The molecule has 0 aliphatic carbocycles. The van der Waals surface area contributed by atoms with Gasteiger partial charge in [0, 0.05) is 17.8 Å². The van der Waals surface area contributed by atoms with Gasteiger partial charge in [0.05, 0.1) is 32.3 Å². The Morgan fingerprint density at radius 1 is 0.941 bits per heavy atom. The lowest BCUT2D eigenvalue weighted by Crippen LogP contribution is -2.30. The van der Waals surface area contributed by atoms with E-state index in [1.54, 1.807) is 30.3 Å². The molecule has 2 aromatic carbocycles. The molecular formula is C25H19FN2O6. The fourth-order valence-corrected chi connectivity index (χ4v) is 4.24. The van der Waals surface area contributed by atoms with Crippen LogP contribution in [0.5, 0.6) is 17.2 Å². The second-order valence-electron chi connectivity index (χ2n) is 7.53. The Balaban J connectivity index is 1.86. The number of benzene rings is 2. The van der Waals surface area contributed by atoms with Gasteiger partial charge in [0.1, 0.15) is 29.0 Å². The minimum Gasteiger partial charge on any atom is -0.496 e. The number of anilines is 1. The highest BCUT2D eigenvalue weighted by molar-refractivity contribution is 6.10. The van der Waals surface area contributed by atoms with E-state index in [9.17, 15) is 14.0 Å². The molecule has 9 heteroatoms. The second kappa shape index (κ2) is 8.18. The van der Waals surface area contributed by atoms with Gasteiger partial charge in [-0.25, -0.2) is 9.37 Å². The van der Waals surface area contributed by atoms with Gasteiger partial charge in [0.2, 0.25) is 5.76 Å². The number of carbonyl (C=O) groups excluding carboxylic acids is 1. The molecule has 0 unspecified atom stereocenters. The molecule has 1 aliphatic rings. The maximum atomic E-state index is 14.0. The lowest BCUT2D eigenvalue weighted by atomic mass is 9.97. The zero-order valence-corrected chi connectivity index (χ0v) is 18.5. The first-order valence-electron chi connectivity index (χ1n) is 10.3. The van der Waals surface area contributed by atoms with E-state index in [2.05, 4.69) is 4.98 Å². The summed E-state index contributed by atoms with van der Waals surface area (Å²) in [7, 11) is 4.43. The topological polar surface area (TPSA) is 91.1 Å². The van der Waals surface area contributed by atoms with Crippen LogP contribution in [0.1, 0.15) is 27.7 Å². The fraction of sp³-hybridized carbons (Fsp3) is 0.160.